The number of phenols is 3. The molecule has 0 spiro atoms. The van der Waals surface area contributed by atoms with Gasteiger partial charge >= 0.3 is 0 Å². The van der Waals surface area contributed by atoms with Crippen molar-refractivity contribution in [1.82, 2.24) is 0 Å². The lowest BCUT2D eigenvalue weighted by Gasteiger charge is -2.12. The van der Waals surface area contributed by atoms with Crippen molar-refractivity contribution in [2.45, 2.75) is 24.5 Å². The minimum atomic E-state index is 0.122. The first-order valence-electron chi connectivity index (χ1n) is 7.02. The van der Waals surface area contributed by atoms with Crippen LogP contribution in [0, 0.1) is 0 Å². The van der Waals surface area contributed by atoms with E-state index >= 15 is 0 Å². The molecule has 3 aromatic carbocycles. The van der Waals surface area contributed by atoms with Gasteiger partial charge in [-0.25, -0.2) is 0 Å². The van der Waals surface area contributed by atoms with E-state index in [-0.39, 0.29) is 17.2 Å². The lowest BCUT2D eigenvalue weighted by atomic mass is 10.3. The summed E-state index contributed by atoms with van der Waals surface area (Å²) in [5.41, 5.74) is 0. The summed E-state index contributed by atoms with van der Waals surface area (Å²) in [7, 11) is 0. The Balaban J connectivity index is 1.95. The molecule has 3 rings (SSSR count). The number of hydrogen-bond donors (Lipinski definition) is 4. The molecule has 3 aromatic rings. The third kappa shape index (κ3) is 3.77. The van der Waals surface area contributed by atoms with E-state index in [2.05, 4.69) is 12.6 Å². The normalized spacial score (nSPS) is 10.7. The molecule has 0 aliphatic heterocycles. The van der Waals surface area contributed by atoms with Crippen LogP contribution in [-0.4, -0.2) is 15.3 Å². The van der Waals surface area contributed by atoms with Crippen LogP contribution in [0.15, 0.2) is 85.1 Å². The zero-order chi connectivity index (χ0) is 17.1. The molecule has 0 unspecified atom stereocenters. The Bertz CT molecular complexity index is 864. The van der Waals surface area contributed by atoms with Crippen molar-refractivity contribution in [2.75, 3.05) is 0 Å². The molecule has 3 N–H and O–H groups in total. The van der Waals surface area contributed by atoms with E-state index in [0.29, 0.717) is 9.79 Å². The monoisotopic (exact) mass is 374 g/mol. The molecule has 0 aliphatic rings. The summed E-state index contributed by atoms with van der Waals surface area (Å²) in [6, 6.07) is 17.3. The van der Waals surface area contributed by atoms with Crippen LogP contribution >= 0.6 is 36.2 Å². The summed E-state index contributed by atoms with van der Waals surface area (Å²) in [6.45, 7) is 0. The van der Waals surface area contributed by atoms with Gasteiger partial charge in [0.05, 0.1) is 9.79 Å². The third-order valence-electron chi connectivity index (χ3n) is 3.21. The minimum Gasteiger partial charge on any atom is -0.508 e. The number of thiol groups is 1. The van der Waals surface area contributed by atoms with Gasteiger partial charge in [0.25, 0.3) is 0 Å². The first-order valence-corrected chi connectivity index (χ1v) is 9.10. The number of phenolic OH excluding ortho intramolecular Hbond substituents is 3. The van der Waals surface area contributed by atoms with Crippen LogP contribution in [-0.2, 0) is 0 Å². The van der Waals surface area contributed by atoms with Crippen LogP contribution in [0.1, 0.15) is 0 Å². The van der Waals surface area contributed by atoms with Crippen molar-refractivity contribution in [3.8, 4) is 17.2 Å². The van der Waals surface area contributed by atoms with E-state index in [4.69, 9.17) is 0 Å². The number of aromatic hydroxyl groups is 3. The number of benzene rings is 3. The Morgan fingerprint density at radius 1 is 0.667 bits per heavy atom. The van der Waals surface area contributed by atoms with Crippen LogP contribution in [0.2, 0.25) is 0 Å². The average molecular weight is 375 g/mol. The summed E-state index contributed by atoms with van der Waals surface area (Å²) in [5, 5.41) is 29.4. The molecular weight excluding hydrogens is 360 g/mol. The van der Waals surface area contributed by atoms with Crippen molar-refractivity contribution in [1.29, 1.82) is 0 Å². The van der Waals surface area contributed by atoms with Gasteiger partial charge < -0.3 is 15.3 Å². The molecule has 0 radical (unpaired) electrons. The predicted octanol–water partition coefficient (Wildman–Crippen LogP) is 5.39. The van der Waals surface area contributed by atoms with Crippen LogP contribution in [0.3, 0.4) is 0 Å². The summed E-state index contributed by atoms with van der Waals surface area (Å²) in [4.78, 5) is 3.78. The lowest BCUT2D eigenvalue weighted by Crippen LogP contribution is -1.83. The molecule has 0 amide bonds. The van der Waals surface area contributed by atoms with Crippen molar-refractivity contribution < 1.29 is 15.3 Å². The SMILES string of the molecule is Oc1ccc(Sc2c(O)cccc2Sc2cccc(O)c2S)cc1. The maximum absolute atomic E-state index is 10.3. The fourth-order valence-electron chi connectivity index (χ4n) is 2.03. The molecule has 0 atom stereocenters. The van der Waals surface area contributed by atoms with Crippen LogP contribution in [0.4, 0.5) is 0 Å². The maximum Gasteiger partial charge on any atom is 0.130 e. The summed E-state index contributed by atoms with van der Waals surface area (Å²) in [6.07, 6.45) is 0. The molecule has 24 heavy (non-hydrogen) atoms. The zero-order valence-electron chi connectivity index (χ0n) is 12.4. The van der Waals surface area contributed by atoms with E-state index in [1.54, 1.807) is 48.5 Å². The highest BCUT2D eigenvalue weighted by atomic mass is 32.2. The zero-order valence-corrected chi connectivity index (χ0v) is 14.9. The molecule has 0 bridgehead atoms. The van der Waals surface area contributed by atoms with Crippen molar-refractivity contribution in [3.63, 3.8) is 0 Å². The Labute approximate surface area is 153 Å². The van der Waals surface area contributed by atoms with Crippen LogP contribution in [0.5, 0.6) is 17.2 Å². The summed E-state index contributed by atoms with van der Waals surface area (Å²) >= 11 is 7.18. The molecule has 0 heterocycles. The fourth-order valence-corrected chi connectivity index (χ4v) is 4.34. The highest BCUT2D eigenvalue weighted by Crippen LogP contribution is 2.45. The second kappa shape index (κ2) is 7.34. The Kier molecular flexibility index (Phi) is 5.18. The van der Waals surface area contributed by atoms with Gasteiger partial charge in [0.1, 0.15) is 17.2 Å². The second-order valence-electron chi connectivity index (χ2n) is 4.93. The van der Waals surface area contributed by atoms with Gasteiger partial charge in [-0.05, 0) is 48.5 Å². The third-order valence-corrected chi connectivity index (χ3v) is 6.22. The minimum absolute atomic E-state index is 0.122. The lowest BCUT2D eigenvalue weighted by molar-refractivity contribution is 0.459. The van der Waals surface area contributed by atoms with Gasteiger partial charge in [-0.1, -0.05) is 35.7 Å². The van der Waals surface area contributed by atoms with E-state index in [1.807, 2.05) is 12.1 Å². The van der Waals surface area contributed by atoms with E-state index in [1.165, 1.54) is 23.5 Å². The summed E-state index contributed by atoms with van der Waals surface area (Å²) < 4.78 is 0. The van der Waals surface area contributed by atoms with Gasteiger partial charge in [-0.3, -0.25) is 0 Å². The van der Waals surface area contributed by atoms with Gasteiger partial charge in [0, 0.05) is 14.7 Å². The Morgan fingerprint density at radius 2 is 1.29 bits per heavy atom. The molecule has 0 saturated heterocycles. The van der Waals surface area contributed by atoms with Crippen molar-refractivity contribution >= 4 is 36.2 Å². The van der Waals surface area contributed by atoms with Gasteiger partial charge in [-0.15, -0.1) is 12.6 Å². The highest BCUT2D eigenvalue weighted by Gasteiger charge is 2.13. The number of rotatable bonds is 4. The predicted molar refractivity (Wildman–Crippen MR) is 99.8 cm³/mol. The van der Waals surface area contributed by atoms with Gasteiger partial charge in [0.15, 0.2) is 0 Å². The second-order valence-corrected chi connectivity index (χ2v) is 7.54. The van der Waals surface area contributed by atoms with Crippen LogP contribution in [0.25, 0.3) is 0 Å². The molecule has 6 heteroatoms. The molecule has 0 fully saturated rings. The standard InChI is InChI=1S/C18H14O3S3/c19-11-7-9-12(10-8-11)23-18-14(21)4-2-6-16(18)24-15-5-1-3-13(20)17(15)22/h1-10,19-22H. The Morgan fingerprint density at radius 3 is 2.00 bits per heavy atom. The summed E-state index contributed by atoms with van der Waals surface area (Å²) in [5.74, 6) is 0.501. The molecule has 0 saturated carbocycles. The van der Waals surface area contributed by atoms with E-state index < -0.39 is 0 Å². The molecular formula is C18H14O3S3. The largest absolute Gasteiger partial charge is 0.508 e. The van der Waals surface area contributed by atoms with Crippen LogP contribution < -0.4 is 0 Å². The fraction of sp³-hybridized carbons (Fsp3) is 0. The van der Waals surface area contributed by atoms with Gasteiger partial charge in [0.2, 0.25) is 0 Å². The first kappa shape index (κ1) is 17.0. The van der Waals surface area contributed by atoms with Crippen molar-refractivity contribution in [3.05, 3.63) is 60.7 Å². The van der Waals surface area contributed by atoms with E-state index in [9.17, 15) is 15.3 Å². The highest BCUT2D eigenvalue weighted by molar-refractivity contribution is 8.02. The molecule has 0 aliphatic carbocycles. The topological polar surface area (TPSA) is 60.7 Å². The molecule has 0 aromatic heterocycles. The van der Waals surface area contributed by atoms with E-state index in [0.717, 1.165) is 14.7 Å². The van der Waals surface area contributed by atoms with Crippen molar-refractivity contribution in [2.24, 2.45) is 0 Å². The quantitative estimate of drug-likeness (QED) is 0.461. The van der Waals surface area contributed by atoms with Gasteiger partial charge in [-0.2, -0.15) is 0 Å². The molecule has 3 nitrogen and oxygen atoms in total. The Hall–Kier alpha value is -1.89. The number of hydrogen-bond acceptors (Lipinski definition) is 6. The maximum atomic E-state index is 10.3. The molecule has 122 valence electrons. The average Bonchev–Trinajstić information content (AvgIpc) is 2.57. The first-order chi connectivity index (χ1) is 11.5. The smallest absolute Gasteiger partial charge is 0.130 e.